The smallest absolute Gasteiger partial charge is 0.255 e. The van der Waals surface area contributed by atoms with E-state index in [-0.39, 0.29) is 24.3 Å². The lowest BCUT2D eigenvalue weighted by molar-refractivity contribution is -0.122. The molecular formula is C23H23N3O4. The van der Waals surface area contributed by atoms with Gasteiger partial charge in [0.1, 0.15) is 12.3 Å². The number of benzene rings is 2. The third kappa shape index (κ3) is 5.57. The Morgan fingerprint density at radius 1 is 0.967 bits per heavy atom. The van der Waals surface area contributed by atoms with Crippen molar-refractivity contribution in [2.45, 2.75) is 26.4 Å². The van der Waals surface area contributed by atoms with E-state index in [1.807, 2.05) is 25.1 Å². The van der Waals surface area contributed by atoms with Crippen molar-refractivity contribution in [3.8, 4) is 0 Å². The highest BCUT2D eigenvalue weighted by molar-refractivity contribution is 6.04. The van der Waals surface area contributed by atoms with Crippen LogP contribution in [-0.2, 0) is 11.3 Å². The number of hydrogen-bond donors (Lipinski definition) is 3. The molecule has 0 radical (unpaired) electrons. The summed E-state index contributed by atoms with van der Waals surface area (Å²) in [6.07, 6.45) is 2.71. The molecule has 0 aliphatic rings. The molecule has 0 bridgehead atoms. The topological polar surface area (TPSA) is 100 Å². The van der Waals surface area contributed by atoms with E-state index in [1.54, 1.807) is 37.3 Å². The van der Waals surface area contributed by atoms with Gasteiger partial charge in [-0.15, -0.1) is 0 Å². The molecule has 0 spiro atoms. The van der Waals surface area contributed by atoms with Gasteiger partial charge in [0.25, 0.3) is 11.8 Å². The minimum atomic E-state index is -0.711. The van der Waals surface area contributed by atoms with Gasteiger partial charge in [-0.3, -0.25) is 14.4 Å². The number of aryl methyl sites for hydroxylation is 1. The second-order valence-corrected chi connectivity index (χ2v) is 6.95. The number of nitrogens with one attached hydrogen (secondary N) is 3. The van der Waals surface area contributed by atoms with Gasteiger partial charge >= 0.3 is 0 Å². The molecule has 1 aromatic heterocycles. The van der Waals surface area contributed by atoms with Crippen LogP contribution in [0.4, 0.5) is 5.69 Å². The van der Waals surface area contributed by atoms with Crippen molar-refractivity contribution in [3.63, 3.8) is 0 Å². The molecule has 3 N–H and O–H groups in total. The molecular weight excluding hydrogens is 382 g/mol. The molecule has 7 nitrogen and oxygen atoms in total. The first kappa shape index (κ1) is 20.9. The third-order valence-corrected chi connectivity index (χ3v) is 4.49. The number of hydrogen-bond acceptors (Lipinski definition) is 4. The SMILES string of the molecule is Cc1ccc(C(=O)Nc2cccc(CNC(=O)C(C)NC(=O)c3ccoc3)c2)cc1. The number of carbonyl (C=O) groups excluding carboxylic acids is 3. The zero-order valence-electron chi connectivity index (χ0n) is 16.8. The minimum absolute atomic E-state index is 0.202. The van der Waals surface area contributed by atoms with Crippen LogP contribution in [0.2, 0.25) is 0 Å². The van der Waals surface area contributed by atoms with Crippen molar-refractivity contribution in [3.05, 3.63) is 89.4 Å². The molecule has 0 fully saturated rings. The Kier molecular flexibility index (Phi) is 6.64. The Morgan fingerprint density at radius 3 is 2.43 bits per heavy atom. The zero-order valence-corrected chi connectivity index (χ0v) is 16.8. The summed E-state index contributed by atoms with van der Waals surface area (Å²) in [5, 5.41) is 8.24. The van der Waals surface area contributed by atoms with Gasteiger partial charge in [0.2, 0.25) is 5.91 Å². The molecule has 0 saturated carbocycles. The number of carbonyl (C=O) groups is 3. The lowest BCUT2D eigenvalue weighted by Crippen LogP contribution is -2.44. The van der Waals surface area contributed by atoms with Crippen LogP contribution in [0.25, 0.3) is 0 Å². The molecule has 1 atom stereocenters. The van der Waals surface area contributed by atoms with E-state index in [2.05, 4.69) is 16.0 Å². The van der Waals surface area contributed by atoms with Crippen molar-refractivity contribution < 1.29 is 18.8 Å². The molecule has 7 heteroatoms. The van der Waals surface area contributed by atoms with Crippen LogP contribution in [0, 0.1) is 6.92 Å². The fourth-order valence-corrected chi connectivity index (χ4v) is 2.75. The molecule has 3 rings (SSSR count). The molecule has 3 amide bonds. The number of amides is 3. The maximum Gasteiger partial charge on any atom is 0.255 e. The Bertz CT molecular complexity index is 1030. The Labute approximate surface area is 174 Å². The summed E-state index contributed by atoms with van der Waals surface area (Å²) in [5.74, 6) is -0.903. The molecule has 154 valence electrons. The molecule has 0 saturated heterocycles. The van der Waals surface area contributed by atoms with Gasteiger partial charge in [-0.2, -0.15) is 0 Å². The summed E-state index contributed by atoms with van der Waals surface area (Å²) in [4.78, 5) is 36.6. The van der Waals surface area contributed by atoms with Crippen LogP contribution in [0.15, 0.2) is 71.5 Å². The highest BCUT2D eigenvalue weighted by Gasteiger charge is 2.17. The van der Waals surface area contributed by atoms with E-state index in [9.17, 15) is 14.4 Å². The fourth-order valence-electron chi connectivity index (χ4n) is 2.75. The molecule has 0 aliphatic heterocycles. The summed E-state index contributed by atoms with van der Waals surface area (Å²) >= 11 is 0. The molecule has 1 unspecified atom stereocenters. The van der Waals surface area contributed by atoms with Crippen molar-refractivity contribution in [1.29, 1.82) is 0 Å². The van der Waals surface area contributed by atoms with Crippen LogP contribution in [-0.4, -0.2) is 23.8 Å². The van der Waals surface area contributed by atoms with Gasteiger partial charge < -0.3 is 20.4 Å². The van der Waals surface area contributed by atoms with E-state index >= 15 is 0 Å². The van der Waals surface area contributed by atoms with Gasteiger partial charge in [-0.25, -0.2) is 0 Å². The summed E-state index contributed by atoms with van der Waals surface area (Å²) in [6, 6.07) is 15.3. The van der Waals surface area contributed by atoms with Crippen LogP contribution in [0.3, 0.4) is 0 Å². The van der Waals surface area contributed by atoms with Crippen molar-refractivity contribution in [2.24, 2.45) is 0 Å². The van der Waals surface area contributed by atoms with E-state index < -0.39 is 6.04 Å². The lowest BCUT2D eigenvalue weighted by atomic mass is 10.1. The van der Waals surface area contributed by atoms with E-state index in [4.69, 9.17) is 4.42 Å². The number of rotatable bonds is 7. The van der Waals surface area contributed by atoms with Crippen LogP contribution >= 0.6 is 0 Å². The quantitative estimate of drug-likeness (QED) is 0.562. The maximum absolute atomic E-state index is 12.4. The summed E-state index contributed by atoms with van der Waals surface area (Å²) in [6.45, 7) is 3.83. The van der Waals surface area contributed by atoms with E-state index in [0.717, 1.165) is 11.1 Å². The van der Waals surface area contributed by atoms with Gasteiger partial charge in [0, 0.05) is 17.8 Å². The van der Waals surface area contributed by atoms with Crippen molar-refractivity contribution in [2.75, 3.05) is 5.32 Å². The van der Waals surface area contributed by atoms with Crippen LogP contribution in [0.5, 0.6) is 0 Å². The Morgan fingerprint density at radius 2 is 1.73 bits per heavy atom. The standard InChI is InChI=1S/C23H23N3O4/c1-15-6-8-18(9-7-15)22(28)26-20-5-3-4-17(12-20)13-24-21(27)16(2)25-23(29)19-10-11-30-14-19/h3-12,14,16H,13H2,1-2H3,(H,24,27)(H,25,29)(H,26,28). The number of anilines is 1. The van der Waals surface area contributed by atoms with E-state index in [1.165, 1.54) is 18.6 Å². The normalized spacial score (nSPS) is 11.4. The van der Waals surface area contributed by atoms with Gasteiger partial charge in [-0.1, -0.05) is 29.8 Å². The molecule has 0 aliphatic carbocycles. The summed E-state index contributed by atoms with van der Waals surface area (Å²) < 4.78 is 4.86. The summed E-state index contributed by atoms with van der Waals surface area (Å²) in [5.41, 5.74) is 3.46. The average Bonchev–Trinajstić information content (AvgIpc) is 3.28. The monoisotopic (exact) mass is 405 g/mol. The maximum atomic E-state index is 12.4. The van der Waals surface area contributed by atoms with Gasteiger partial charge in [0.05, 0.1) is 11.8 Å². The van der Waals surface area contributed by atoms with Gasteiger partial charge in [-0.05, 0) is 49.7 Å². The second kappa shape index (κ2) is 9.56. The zero-order chi connectivity index (χ0) is 21.5. The van der Waals surface area contributed by atoms with Gasteiger partial charge in [0.15, 0.2) is 0 Å². The van der Waals surface area contributed by atoms with E-state index in [0.29, 0.717) is 16.8 Å². The first-order valence-corrected chi connectivity index (χ1v) is 9.50. The lowest BCUT2D eigenvalue weighted by Gasteiger charge is -2.14. The summed E-state index contributed by atoms with van der Waals surface area (Å²) in [7, 11) is 0. The first-order chi connectivity index (χ1) is 14.4. The molecule has 2 aromatic carbocycles. The molecule has 3 aromatic rings. The minimum Gasteiger partial charge on any atom is -0.472 e. The largest absolute Gasteiger partial charge is 0.472 e. The predicted molar refractivity (Wildman–Crippen MR) is 113 cm³/mol. The average molecular weight is 405 g/mol. The Balaban J connectivity index is 1.53. The Hall–Kier alpha value is -3.87. The highest BCUT2D eigenvalue weighted by atomic mass is 16.3. The number of furan rings is 1. The fraction of sp³-hybridized carbons (Fsp3) is 0.174. The second-order valence-electron chi connectivity index (χ2n) is 6.95. The van der Waals surface area contributed by atoms with Crippen molar-refractivity contribution in [1.82, 2.24) is 10.6 Å². The van der Waals surface area contributed by atoms with Crippen LogP contribution < -0.4 is 16.0 Å². The molecule has 1 heterocycles. The predicted octanol–water partition coefficient (Wildman–Crippen LogP) is 3.28. The third-order valence-electron chi connectivity index (χ3n) is 4.49. The van der Waals surface area contributed by atoms with Crippen LogP contribution in [0.1, 0.15) is 38.8 Å². The van der Waals surface area contributed by atoms with Crippen molar-refractivity contribution >= 4 is 23.4 Å². The first-order valence-electron chi connectivity index (χ1n) is 9.50. The highest BCUT2D eigenvalue weighted by Crippen LogP contribution is 2.13. The molecule has 30 heavy (non-hydrogen) atoms.